The smallest absolute Gasteiger partial charge is 0.124 e. The summed E-state index contributed by atoms with van der Waals surface area (Å²) in [6.45, 7) is 4.71. The van der Waals surface area contributed by atoms with E-state index in [0.29, 0.717) is 0 Å². The molecule has 0 spiro atoms. The fourth-order valence-corrected chi connectivity index (χ4v) is 9.79. The molecule has 0 saturated heterocycles. The Kier molecular flexibility index (Phi) is 7.11. The molecule has 0 radical (unpaired) electrons. The number of benzene rings is 9. The van der Waals surface area contributed by atoms with Crippen LogP contribution in [0.15, 0.2) is 182 Å². The summed E-state index contributed by atoms with van der Waals surface area (Å²) in [5.74, 6) is 0. The molecule has 10 aromatic rings. The predicted molar refractivity (Wildman–Crippen MR) is 235 cm³/mol. The lowest BCUT2D eigenvalue weighted by molar-refractivity contribution is 0.660. The summed E-state index contributed by atoms with van der Waals surface area (Å²) >= 11 is 1.77. The molecule has 0 amide bonds. The maximum Gasteiger partial charge on any atom is 0.124 e. The second-order valence-corrected chi connectivity index (χ2v) is 16.2. The molecule has 0 atom stereocenters. The molecule has 2 nitrogen and oxygen atoms in total. The van der Waals surface area contributed by atoms with Gasteiger partial charge in [0.25, 0.3) is 0 Å². The number of rotatable bonds is 5. The van der Waals surface area contributed by atoms with Gasteiger partial charge in [-0.05, 0) is 109 Å². The summed E-state index contributed by atoms with van der Waals surface area (Å²) in [6, 6.07) is 66.6. The van der Waals surface area contributed by atoms with Gasteiger partial charge in [0.2, 0.25) is 0 Å². The third-order valence-electron chi connectivity index (χ3n) is 11.7. The van der Waals surface area contributed by atoms with Crippen LogP contribution in [0.3, 0.4) is 0 Å². The van der Waals surface area contributed by atoms with E-state index in [0.717, 1.165) is 33.1 Å². The Labute approximate surface area is 324 Å². The van der Waals surface area contributed by atoms with Gasteiger partial charge in [-0.3, -0.25) is 0 Å². The summed E-state index contributed by atoms with van der Waals surface area (Å²) in [7, 11) is 0. The monoisotopic (exact) mass is 720 g/mol. The van der Waals surface area contributed by atoms with Crippen molar-refractivity contribution < 1.29 is 0 Å². The average Bonchev–Trinajstić information content (AvgIpc) is 3.78. The van der Waals surface area contributed by atoms with E-state index in [1.807, 2.05) is 0 Å². The van der Waals surface area contributed by atoms with Crippen LogP contribution in [0.2, 0.25) is 0 Å². The summed E-state index contributed by atoms with van der Waals surface area (Å²) in [5, 5.41) is 8.35. The maximum atomic E-state index is 5.33. The molecule has 55 heavy (non-hydrogen) atoms. The molecule has 0 saturated carbocycles. The average molecular weight is 721 g/mol. The molecule has 1 aliphatic carbocycles. The van der Waals surface area contributed by atoms with Crippen molar-refractivity contribution in [2.75, 3.05) is 4.90 Å². The fourth-order valence-electron chi connectivity index (χ4n) is 8.82. The van der Waals surface area contributed by atoms with Crippen LogP contribution in [0.5, 0.6) is 0 Å². The minimum absolute atomic E-state index is 0.0995. The number of anilines is 3. The Morgan fingerprint density at radius 3 is 1.96 bits per heavy atom. The van der Waals surface area contributed by atoms with E-state index in [2.05, 4.69) is 201 Å². The lowest BCUT2D eigenvalue weighted by atomic mass is 9.82. The van der Waals surface area contributed by atoms with E-state index in [4.69, 9.17) is 4.98 Å². The van der Waals surface area contributed by atoms with Gasteiger partial charge in [-0.1, -0.05) is 147 Å². The largest absolute Gasteiger partial charge is 0.310 e. The van der Waals surface area contributed by atoms with Crippen molar-refractivity contribution in [3.05, 3.63) is 193 Å². The Morgan fingerprint density at radius 1 is 0.455 bits per heavy atom. The van der Waals surface area contributed by atoms with Crippen molar-refractivity contribution in [2.45, 2.75) is 19.3 Å². The van der Waals surface area contributed by atoms with Crippen LogP contribution in [0.4, 0.5) is 17.1 Å². The number of thiazole rings is 1. The van der Waals surface area contributed by atoms with Crippen molar-refractivity contribution in [3.63, 3.8) is 0 Å². The van der Waals surface area contributed by atoms with Gasteiger partial charge in [0.1, 0.15) is 5.01 Å². The predicted octanol–water partition coefficient (Wildman–Crippen LogP) is 14.9. The van der Waals surface area contributed by atoms with E-state index in [1.165, 1.54) is 70.4 Å². The van der Waals surface area contributed by atoms with Gasteiger partial charge in [-0.25, -0.2) is 4.98 Å². The van der Waals surface area contributed by atoms with Crippen molar-refractivity contribution in [2.24, 2.45) is 0 Å². The first-order valence-electron chi connectivity index (χ1n) is 18.9. The normalized spacial score (nSPS) is 13.1. The second-order valence-electron chi connectivity index (χ2n) is 15.2. The van der Waals surface area contributed by atoms with Crippen LogP contribution in [0.1, 0.15) is 25.0 Å². The molecule has 1 aromatic heterocycles. The minimum Gasteiger partial charge on any atom is -0.310 e. The molecule has 3 heteroatoms. The molecular weight excluding hydrogens is 685 g/mol. The number of fused-ring (bicyclic) bond motifs is 9. The van der Waals surface area contributed by atoms with Crippen LogP contribution in [-0.4, -0.2) is 4.98 Å². The number of hydrogen-bond acceptors (Lipinski definition) is 3. The fraction of sp³-hybridized carbons (Fsp3) is 0.0577. The quantitative estimate of drug-likeness (QED) is 0.165. The maximum absolute atomic E-state index is 5.33. The van der Waals surface area contributed by atoms with E-state index < -0.39 is 0 Å². The molecule has 0 aliphatic heterocycles. The van der Waals surface area contributed by atoms with Gasteiger partial charge in [0, 0.05) is 33.4 Å². The first-order chi connectivity index (χ1) is 27.0. The van der Waals surface area contributed by atoms with Gasteiger partial charge >= 0.3 is 0 Å². The molecule has 0 unspecified atom stereocenters. The zero-order chi connectivity index (χ0) is 36.7. The van der Waals surface area contributed by atoms with Gasteiger partial charge < -0.3 is 4.90 Å². The first kappa shape index (κ1) is 31.9. The van der Waals surface area contributed by atoms with E-state index in [-0.39, 0.29) is 5.41 Å². The lowest BCUT2D eigenvalue weighted by Gasteiger charge is -2.28. The molecule has 1 heterocycles. The highest BCUT2D eigenvalue weighted by Gasteiger charge is 2.35. The van der Waals surface area contributed by atoms with Gasteiger partial charge in [0.15, 0.2) is 0 Å². The van der Waals surface area contributed by atoms with Crippen LogP contribution >= 0.6 is 11.3 Å². The number of aromatic nitrogens is 1. The Morgan fingerprint density at radius 2 is 1.09 bits per heavy atom. The van der Waals surface area contributed by atoms with E-state index in [1.54, 1.807) is 11.3 Å². The summed E-state index contributed by atoms with van der Waals surface area (Å²) in [5.41, 5.74) is 13.3. The molecule has 0 fully saturated rings. The van der Waals surface area contributed by atoms with Crippen molar-refractivity contribution in [1.29, 1.82) is 0 Å². The Hall–Kier alpha value is -6.55. The molecular formula is C52H36N2S. The summed E-state index contributed by atoms with van der Waals surface area (Å²) < 4.78 is 1.20. The summed E-state index contributed by atoms with van der Waals surface area (Å²) in [6.07, 6.45) is 0. The number of nitrogens with zero attached hydrogens (tertiary/aromatic N) is 2. The highest BCUT2D eigenvalue weighted by molar-refractivity contribution is 7.21. The van der Waals surface area contributed by atoms with E-state index >= 15 is 0 Å². The molecule has 11 rings (SSSR count). The third kappa shape index (κ3) is 5.11. The lowest BCUT2D eigenvalue weighted by Crippen LogP contribution is -2.16. The highest BCUT2D eigenvalue weighted by atomic mass is 32.1. The zero-order valence-electron chi connectivity index (χ0n) is 30.6. The molecule has 0 bridgehead atoms. The Balaban J connectivity index is 1.06. The van der Waals surface area contributed by atoms with Crippen LogP contribution < -0.4 is 4.90 Å². The standard InChI is InChI=1S/C52H36N2S/c1-52(2)46-15-9-8-14-44(46)45-28-26-42(32-47(45)52)54(40-23-20-35(21-24-40)33-10-4-3-5-11-33)41-25-27-43-38(31-41)18-17-36-22-29-48-50(49(36)43)53-51(55-48)39-19-16-34-12-6-7-13-37(34)30-39/h3-32H,1-2H3. The van der Waals surface area contributed by atoms with Crippen molar-refractivity contribution in [3.8, 4) is 32.8 Å². The van der Waals surface area contributed by atoms with Gasteiger partial charge in [0.05, 0.1) is 10.2 Å². The van der Waals surface area contributed by atoms with Crippen molar-refractivity contribution >= 4 is 70.9 Å². The van der Waals surface area contributed by atoms with Crippen LogP contribution in [0.25, 0.3) is 75.4 Å². The third-order valence-corrected chi connectivity index (χ3v) is 12.7. The topological polar surface area (TPSA) is 16.1 Å². The highest BCUT2D eigenvalue weighted by Crippen LogP contribution is 2.51. The summed E-state index contributed by atoms with van der Waals surface area (Å²) in [4.78, 5) is 7.74. The Bertz CT molecular complexity index is 3120. The molecule has 0 N–H and O–H groups in total. The van der Waals surface area contributed by atoms with Gasteiger partial charge in [-0.2, -0.15) is 0 Å². The van der Waals surface area contributed by atoms with E-state index in [9.17, 15) is 0 Å². The zero-order valence-corrected chi connectivity index (χ0v) is 31.4. The molecule has 260 valence electrons. The van der Waals surface area contributed by atoms with Crippen LogP contribution in [-0.2, 0) is 5.41 Å². The molecule has 9 aromatic carbocycles. The second kappa shape index (κ2) is 12.2. The molecule has 1 aliphatic rings. The number of hydrogen-bond donors (Lipinski definition) is 0. The van der Waals surface area contributed by atoms with Crippen LogP contribution in [0, 0.1) is 0 Å². The van der Waals surface area contributed by atoms with Crippen molar-refractivity contribution in [1.82, 2.24) is 4.98 Å². The SMILES string of the molecule is CC1(C)c2ccccc2-c2ccc(N(c3ccc(-c4ccccc4)cc3)c3ccc4c(ccc5ccc6sc(-c7ccc8ccccc8c7)nc6c54)c3)cc21. The minimum atomic E-state index is -0.0995. The van der Waals surface area contributed by atoms with Gasteiger partial charge in [-0.15, -0.1) is 11.3 Å². The first-order valence-corrected chi connectivity index (χ1v) is 19.8.